The number of thiazole rings is 1. The molecule has 1 amide bonds. The quantitative estimate of drug-likeness (QED) is 0.533. The lowest BCUT2D eigenvalue weighted by atomic mass is 10.3. The van der Waals surface area contributed by atoms with Gasteiger partial charge in [0.2, 0.25) is 5.91 Å². The number of anilines is 1. The normalized spacial score (nSPS) is 10.8. The zero-order chi connectivity index (χ0) is 16.9. The van der Waals surface area contributed by atoms with Gasteiger partial charge in [-0.15, -0.1) is 34.4 Å². The monoisotopic (exact) mass is 414 g/mol. The molecule has 0 saturated heterocycles. The van der Waals surface area contributed by atoms with Gasteiger partial charge in [0.05, 0.1) is 26.4 Å². The molecule has 2 heterocycles. The number of benzene rings is 1. The van der Waals surface area contributed by atoms with E-state index in [1.807, 2.05) is 16.8 Å². The fourth-order valence-corrected chi connectivity index (χ4v) is 4.66. The van der Waals surface area contributed by atoms with Crippen LogP contribution in [0.3, 0.4) is 0 Å². The van der Waals surface area contributed by atoms with Gasteiger partial charge in [0.15, 0.2) is 0 Å². The van der Waals surface area contributed by atoms with Crippen molar-refractivity contribution in [3.8, 4) is 9.88 Å². The molecule has 0 saturated carbocycles. The molecule has 0 aliphatic heterocycles. The molecule has 3 aromatic rings. The summed E-state index contributed by atoms with van der Waals surface area (Å²) in [5.41, 5.74) is 1.64. The minimum absolute atomic E-state index is 0.0768. The molecule has 24 heavy (non-hydrogen) atoms. The van der Waals surface area contributed by atoms with E-state index in [2.05, 4.69) is 16.4 Å². The van der Waals surface area contributed by atoms with Crippen LogP contribution in [0.4, 0.5) is 5.69 Å². The number of nitrogens with one attached hydrogen (secondary N) is 1. The Morgan fingerprint density at radius 2 is 2.08 bits per heavy atom. The van der Waals surface area contributed by atoms with Crippen LogP contribution in [0.15, 0.2) is 41.1 Å². The van der Waals surface area contributed by atoms with Crippen molar-refractivity contribution in [1.82, 2.24) is 4.98 Å². The predicted molar refractivity (Wildman–Crippen MR) is 107 cm³/mol. The Kier molecular flexibility index (Phi) is 6.19. The van der Waals surface area contributed by atoms with Crippen LogP contribution in [-0.2, 0) is 10.5 Å². The van der Waals surface area contributed by atoms with Crippen LogP contribution in [0.25, 0.3) is 9.88 Å². The van der Waals surface area contributed by atoms with E-state index in [4.69, 9.17) is 23.2 Å². The Balaban J connectivity index is 1.47. The van der Waals surface area contributed by atoms with E-state index >= 15 is 0 Å². The molecule has 0 atom stereocenters. The van der Waals surface area contributed by atoms with E-state index in [9.17, 15) is 4.79 Å². The Labute approximate surface area is 162 Å². The van der Waals surface area contributed by atoms with Crippen molar-refractivity contribution >= 4 is 69.2 Å². The highest BCUT2D eigenvalue weighted by molar-refractivity contribution is 7.99. The topological polar surface area (TPSA) is 42.0 Å². The summed E-state index contributed by atoms with van der Waals surface area (Å²) in [6.07, 6.45) is 0. The van der Waals surface area contributed by atoms with Gasteiger partial charge in [-0.25, -0.2) is 4.98 Å². The maximum Gasteiger partial charge on any atom is 0.234 e. The van der Waals surface area contributed by atoms with Crippen LogP contribution in [0.5, 0.6) is 0 Å². The highest BCUT2D eigenvalue weighted by Crippen LogP contribution is 2.29. The van der Waals surface area contributed by atoms with Gasteiger partial charge in [-0.2, -0.15) is 0 Å². The maximum absolute atomic E-state index is 12.0. The average Bonchev–Trinajstić information content (AvgIpc) is 3.22. The maximum atomic E-state index is 12.0. The van der Waals surface area contributed by atoms with E-state index in [0.717, 1.165) is 10.7 Å². The number of thiophene rings is 1. The second-order valence-electron chi connectivity index (χ2n) is 4.79. The summed E-state index contributed by atoms with van der Waals surface area (Å²) in [6, 6.07) is 9.10. The summed E-state index contributed by atoms with van der Waals surface area (Å²) in [5, 5.41) is 8.80. The SMILES string of the molecule is O=C(CSCc1csc(-c2cccs2)n1)Nc1ccc(Cl)c(Cl)c1. The van der Waals surface area contributed by atoms with Crippen molar-refractivity contribution in [2.75, 3.05) is 11.1 Å². The zero-order valence-electron chi connectivity index (χ0n) is 12.3. The molecule has 1 aromatic carbocycles. The number of rotatable bonds is 6. The lowest BCUT2D eigenvalue weighted by Gasteiger charge is -2.05. The number of amides is 1. The molecule has 0 unspecified atom stereocenters. The standard InChI is InChI=1S/C16H12Cl2N2OS3/c17-12-4-3-10(6-13(12)18)19-15(21)9-22-7-11-8-24-16(20-11)14-2-1-5-23-14/h1-6,8H,7,9H2,(H,19,21). The largest absolute Gasteiger partial charge is 0.325 e. The summed E-state index contributed by atoms with van der Waals surface area (Å²) in [7, 11) is 0. The smallest absolute Gasteiger partial charge is 0.234 e. The summed E-state index contributed by atoms with van der Waals surface area (Å²) in [6.45, 7) is 0. The summed E-state index contributed by atoms with van der Waals surface area (Å²) in [5.74, 6) is 0.982. The summed E-state index contributed by atoms with van der Waals surface area (Å²) < 4.78 is 0. The molecule has 1 N–H and O–H groups in total. The van der Waals surface area contributed by atoms with E-state index in [1.54, 1.807) is 40.9 Å². The zero-order valence-corrected chi connectivity index (χ0v) is 16.3. The van der Waals surface area contributed by atoms with Crippen LogP contribution in [0.1, 0.15) is 5.69 Å². The minimum Gasteiger partial charge on any atom is -0.325 e. The summed E-state index contributed by atoms with van der Waals surface area (Å²) >= 11 is 16.6. The number of hydrogen-bond acceptors (Lipinski definition) is 5. The van der Waals surface area contributed by atoms with Crippen LogP contribution in [0, 0.1) is 0 Å². The predicted octanol–water partition coefficient (Wildman–Crippen LogP) is 6.05. The van der Waals surface area contributed by atoms with Crippen LogP contribution < -0.4 is 5.32 Å². The molecule has 8 heteroatoms. The van der Waals surface area contributed by atoms with Gasteiger partial charge in [-0.1, -0.05) is 29.3 Å². The Morgan fingerprint density at radius 1 is 1.21 bits per heavy atom. The van der Waals surface area contributed by atoms with Crippen molar-refractivity contribution in [1.29, 1.82) is 0 Å². The second-order valence-corrected chi connectivity index (χ2v) is 8.40. The molecule has 0 bridgehead atoms. The Bertz CT molecular complexity index is 834. The van der Waals surface area contributed by atoms with Gasteiger partial charge in [0.1, 0.15) is 5.01 Å². The Hall–Kier alpha value is -1.05. The van der Waals surface area contributed by atoms with E-state index < -0.39 is 0 Å². The van der Waals surface area contributed by atoms with Crippen LogP contribution in [0.2, 0.25) is 10.0 Å². The third kappa shape index (κ3) is 4.74. The number of aromatic nitrogens is 1. The van der Waals surface area contributed by atoms with Crippen LogP contribution in [-0.4, -0.2) is 16.6 Å². The van der Waals surface area contributed by atoms with Crippen molar-refractivity contribution in [2.24, 2.45) is 0 Å². The number of carbonyl (C=O) groups is 1. The number of halogens is 2. The van der Waals surface area contributed by atoms with Crippen molar-refractivity contribution in [3.63, 3.8) is 0 Å². The van der Waals surface area contributed by atoms with Gasteiger partial charge in [-0.05, 0) is 29.6 Å². The molecule has 0 aliphatic carbocycles. The van der Waals surface area contributed by atoms with E-state index in [-0.39, 0.29) is 5.91 Å². The number of thioether (sulfide) groups is 1. The van der Waals surface area contributed by atoms with Crippen molar-refractivity contribution in [2.45, 2.75) is 5.75 Å². The van der Waals surface area contributed by atoms with Gasteiger partial charge >= 0.3 is 0 Å². The average molecular weight is 415 g/mol. The van der Waals surface area contributed by atoms with E-state index in [0.29, 0.717) is 27.2 Å². The van der Waals surface area contributed by atoms with Crippen molar-refractivity contribution in [3.05, 3.63) is 56.8 Å². The molecular weight excluding hydrogens is 403 g/mol. The molecule has 2 aromatic heterocycles. The number of hydrogen-bond donors (Lipinski definition) is 1. The second kappa shape index (κ2) is 8.36. The number of nitrogens with zero attached hydrogens (tertiary/aromatic N) is 1. The third-order valence-corrected chi connectivity index (χ3v) is 6.61. The van der Waals surface area contributed by atoms with Gasteiger partial charge in [0.25, 0.3) is 0 Å². The third-order valence-electron chi connectivity index (χ3n) is 2.97. The first-order valence-corrected chi connectivity index (χ1v) is 10.6. The highest BCUT2D eigenvalue weighted by atomic mass is 35.5. The molecule has 0 spiro atoms. The molecule has 3 rings (SSSR count). The molecular formula is C16H12Cl2N2OS3. The van der Waals surface area contributed by atoms with Crippen molar-refractivity contribution < 1.29 is 4.79 Å². The molecule has 0 radical (unpaired) electrons. The van der Waals surface area contributed by atoms with E-state index in [1.165, 1.54) is 16.6 Å². The van der Waals surface area contributed by atoms with Gasteiger partial charge < -0.3 is 5.32 Å². The fraction of sp³-hybridized carbons (Fsp3) is 0.125. The first-order valence-electron chi connectivity index (χ1n) is 6.93. The fourth-order valence-electron chi connectivity index (χ4n) is 1.91. The summed E-state index contributed by atoms with van der Waals surface area (Å²) in [4.78, 5) is 17.7. The molecule has 3 nitrogen and oxygen atoms in total. The number of carbonyl (C=O) groups excluding carboxylic acids is 1. The molecule has 124 valence electrons. The molecule has 0 aliphatic rings. The Morgan fingerprint density at radius 3 is 2.83 bits per heavy atom. The minimum atomic E-state index is -0.0768. The lowest BCUT2D eigenvalue weighted by Crippen LogP contribution is -2.14. The van der Waals surface area contributed by atoms with Crippen LogP contribution >= 0.6 is 57.6 Å². The lowest BCUT2D eigenvalue weighted by molar-refractivity contribution is -0.113. The van der Waals surface area contributed by atoms with Gasteiger partial charge in [0, 0.05) is 16.8 Å². The van der Waals surface area contributed by atoms with Gasteiger partial charge in [-0.3, -0.25) is 4.79 Å². The first-order chi connectivity index (χ1) is 11.6. The first kappa shape index (κ1) is 17.8. The highest BCUT2D eigenvalue weighted by Gasteiger charge is 2.08. The molecule has 0 fully saturated rings.